The Balaban J connectivity index is 1.76. The van der Waals surface area contributed by atoms with E-state index in [9.17, 15) is 19.2 Å². The van der Waals surface area contributed by atoms with Crippen molar-refractivity contribution in [1.82, 2.24) is 4.90 Å². The molecule has 3 aromatic carbocycles. The van der Waals surface area contributed by atoms with Gasteiger partial charge in [0.05, 0.1) is 25.3 Å². The summed E-state index contributed by atoms with van der Waals surface area (Å²) >= 11 is 6.26. The quantitative estimate of drug-likeness (QED) is 0.147. The number of carbonyl (C=O) groups is 4. The van der Waals surface area contributed by atoms with Crippen LogP contribution in [0.4, 0.5) is 16.2 Å². The van der Waals surface area contributed by atoms with Gasteiger partial charge in [-0.1, -0.05) is 35.9 Å². The Kier molecular flexibility index (Phi) is 12.8. The molecule has 0 aliphatic rings. The van der Waals surface area contributed by atoms with Crippen LogP contribution in [-0.2, 0) is 36.8 Å². The van der Waals surface area contributed by atoms with Crippen molar-refractivity contribution in [2.24, 2.45) is 0 Å². The topological polar surface area (TPSA) is 123 Å². The van der Waals surface area contributed by atoms with Crippen LogP contribution < -0.4 is 15.4 Å². The molecule has 3 amide bonds. The van der Waals surface area contributed by atoms with Crippen molar-refractivity contribution >= 4 is 46.9 Å². The van der Waals surface area contributed by atoms with E-state index in [1.54, 1.807) is 94.4 Å². The van der Waals surface area contributed by atoms with Gasteiger partial charge < -0.3 is 24.8 Å². The molecule has 240 valence electrons. The molecule has 10 nitrogen and oxygen atoms in total. The number of nitrogens with one attached hydrogen (secondary N) is 2. The van der Waals surface area contributed by atoms with E-state index in [0.717, 1.165) is 4.90 Å². The van der Waals surface area contributed by atoms with Crippen LogP contribution in [-0.4, -0.2) is 47.5 Å². The van der Waals surface area contributed by atoms with Gasteiger partial charge in [0.2, 0.25) is 11.8 Å². The van der Waals surface area contributed by atoms with Gasteiger partial charge in [-0.05, 0) is 81.6 Å². The molecule has 0 fully saturated rings. The molecule has 0 heterocycles. The highest BCUT2D eigenvalue weighted by Gasteiger charge is 2.27. The van der Waals surface area contributed by atoms with Crippen molar-refractivity contribution in [2.75, 3.05) is 23.8 Å². The smallest absolute Gasteiger partial charge is 0.417 e. The second-order valence-electron chi connectivity index (χ2n) is 11.2. The molecule has 0 aliphatic carbocycles. The summed E-state index contributed by atoms with van der Waals surface area (Å²) < 4.78 is 16.7. The lowest BCUT2D eigenvalue weighted by molar-refractivity contribution is -0.143. The van der Waals surface area contributed by atoms with Gasteiger partial charge in [-0.2, -0.15) is 0 Å². The molecule has 0 saturated heterocycles. The molecule has 0 aromatic heterocycles. The van der Waals surface area contributed by atoms with Crippen molar-refractivity contribution in [1.29, 1.82) is 0 Å². The number of rotatable bonds is 13. The Morgan fingerprint density at radius 1 is 0.933 bits per heavy atom. The largest absolute Gasteiger partial charge is 0.466 e. The van der Waals surface area contributed by atoms with Gasteiger partial charge in [0.1, 0.15) is 11.4 Å². The first-order valence-electron chi connectivity index (χ1n) is 14.7. The zero-order valence-corrected chi connectivity index (χ0v) is 27.0. The van der Waals surface area contributed by atoms with Crippen LogP contribution in [0.1, 0.15) is 58.6 Å². The number of amides is 3. The fraction of sp³-hybridized carbons (Fsp3) is 0.353. The average molecular weight is 638 g/mol. The van der Waals surface area contributed by atoms with Crippen LogP contribution in [0, 0.1) is 0 Å². The minimum atomic E-state index is -0.813. The molecule has 11 heteroatoms. The molecular formula is C34H40ClN3O7. The highest BCUT2D eigenvalue weighted by atomic mass is 35.5. The van der Waals surface area contributed by atoms with E-state index in [2.05, 4.69) is 10.6 Å². The minimum Gasteiger partial charge on any atom is -0.466 e. The molecule has 3 rings (SSSR count). The van der Waals surface area contributed by atoms with Gasteiger partial charge >= 0.3 is 12.1 Å². The molecule has 3 aromatic rings. The number of esters is 1. The molecule has 0 saturated carbocycles. The van der Waals surface area contributed by atoms with Crippen LogP contribution in [0.15, 0.2) is 66.7 Å². The maximum absolute atomic E-state index is 13.4. The number of hydrogen-bond acceptors (Lipinski definition) is 8. The van der Waals surface area contributed by atoms with Crippen LogP contribution >= 0.6 is 11.6 Å². The zero-order chi connectivity index (χ0) is 33.0. The Bertz CT molecular complexity index is 1490. The maximum Gasteiger partial charge on any atom is 0.417 e. The first-order chi connectivity index (χ1) is 21.3. The number of halogens is 1. The normalized spacial score (nSPS) is 10.9. The Morgan fingerprint density at radius 3 is 2.33 bits per heavy atom. The Morgan fingerprint density at radius 2 is 1.67 bits per heavy atom. The molecule has 45 heavy (non-hydrogen) atoms. The Hall–Kier alpha value is -4.57. The van der Waals surface area contributed by atoms with Crippen molar-refractivity contribution in [3.63, 3.8) is 0 Å². The van der Waals surface area contributed by atoms with Gasteiger partial charge in [-0.25, -0.2) is 9.69 Å². The van der Waals surface area contributed by atoms with Crippen molar-refractivity contribution in [3.8, 4) is 11.5 Å². The van der Waals surface area contributed by atoms with Crippen molar-refractivity contribution in [2.45, 2.75) is 66.0 Å². The van der Waals surface area contributed by atoms with Gasteiger partial charge in [-0.3, -0.25) is 14.4 Å². The van der Waals surface area contributed by atoms with Crippen LogP contribution in [0.2, 0.25) is 5.02 Å². The molecular weight excluding hydrogens is 598 g/mol. The molecule has 0 spiro atoms. The highest BCUT2D eigenvalue weighted by molar-refractivity contribution is 6.30. The molecule has 0 atom stereocenters. The van der Waals surface area contributed by atoms with E-state index in [0.29, 0.717) is 65.0 Å². The predicted octanol–water partition coefficient (Wildman–Crippen LogP) is 7.35. The average Bonchev–Trinajstić information content (AvgIpc) is 2.95. The number of ether oxygens (including phenoxy) is 3. The number of imide groups is 1. The lowest BCUT2D eigenvalue weighted by atomic mass is 10.1. The fourth-order valence-electron chi connectivity index (χ4n) is 4.18. The predicted molar refractivity (Wildman–Crippen MR) is 174 cm³/mol. The van der Waals surface area contributed by atoms with E-state index < -0.39 is 17.6 Å². The minimum absolute atomic E-state index is 0.0521. The van der Waals surface area contributed by atoms with Gasteiger partial charge in [0.25, 0.3) is 0 Å². The van der Waals surface area contributed by atoms with Crippen molar-refractivity contribution < 1.29 is 33.4 Å². The first kappa shape index (κ1) is 34.9. The third-order valence-corrected chi connectivity index (χ3v) is 6.37. The lowest BCUT2D eigenvalue weighted by Gasteiger charge is -2.26. The molecule has 0 unspecified atom stereocenters. The summed E-state index contributed by atoms with van der Waals surface area (Å²) in [7, 11) is 0. The molecule has 0 radical (unpaired) electrons. The summed E-state index contributed by atoms with van der Waals surface area (Å²) in [6, 6.07) is 19.1. The Labute approximate surface area is 269 Å². The van der Waals surface area contributed by atoms with Gasteiger partial charge in [-0.15, -0.1) is 0 Å². The summed E-state index contributed by atoms with van der Waals surface area (Å²) in [4.78, 5) is 50.7. The van der Waals surface area contributed by atoms with E-state index in [1.807, 2.05) is 0 Å². The van der Waals surface area contributed by atoms with E-state index in [1.165, 1.54) is 6.92 Å². The monoisotopic (exact) mass is 637 g/mol. The lowest BCUT2D eigenvalue weighted by Crippen LogP contribution is -2.41. The summed E-state index contributed by atoms with van der Waals surface area (Å²) in [6.07, 6.45) is 0.0494. The van der Waals surface area contributed by atoms with Gasteiger partial charge in [0.15, 0.2) is 5.75 Å². The van der Waals surface area contributed by atoms with Crippen LogP contribution in [0.25, 0.3) is 0 Å². The first-order valence-corrected chi connectivity index (χ1v) is 15.1. The zero-order valence-electron chi connectivity index (χ0n) is 26.3. The molecule has 0 aliphatic heterocycles. The summed E-state index contributed by atoms with van der Waals surface area (Å²) in [5.74, 6) is 0.0394. The molecule has 0 bridgehead atoms. The number of benzene rings is 3. The third-order valence-electron chi connectivity index (χ3n) is 6.13. The number of anilines is 2. The van der Waals surface area contributed by atoms with Crippen LogP contribution in [0.5, 0.6) is 11.5 Å². The SMILES string of the molecule is CCOC(=O)CCCNc1ccc(Cl)cc1Oc1cccc(CN(C(=O)Cc2ccc(NC(C)=O)cc2)C(=O)OC(C)(C)C)c1. The van der Waals surface area contributed by atoms with Crippen LogP contribution in [0.3, 0.4) is 0 Å². The van der Waals surface area contributed by atoms with E-state index >= 15 is 0 Å². The second-order valence-corrected chi connectivity index (χ2v) is 11.7. The number of carbonyl (C=O) groups excluding carboxylic acids is 4. The second kappa shape index (κ2) is 16.5. The standard InChI is InChI=1S/C34H40ClN3O7/c1-6-43-32(41)11-8-18-36-29-17-14-26(35)21-30(29)44-28-10-7-9-25(19-28)22-38(33(42)45-34(3,4)5)31(40)20-24-12-15-27(16-13-24)37-23(2)39/h7,9-10,12-17,19,21,36H,6,8,11,18,20,22H2,1-5H3,(H,37,39). The number of nitrogens with zero attached hydrogens (tertiary/aromatic N) is 1. The summed E-state index contributed by atoms with van der Waals surface area (Å²) in [5, 5.41) is 6.43. The number of hydrogen-bond donors (Lipinski definition) is 2. The summed E-state index contributed by atoms with van der Waals surface area (Å²) in [6.45, 7) is 9.19. The fourth-order valence-corrected chi connectivity index (χ4v) is 4.35. The third kappa shape index (κ3) is 12.1. The maximum atomic E-state index is 13.4. The van der Waals surface area contributed by atoms with Crippen molar-refractivity contribution in [3.05, 3.63) is 82.9 Å². The van der Waals surface area contributed by atoms with E-state index in [-0.39, 0.29) is 24.8 Å². The summed E-state index contributed by atoms with van der Waals surface area (Å²) in [5.41, 5.74) is 1.78. The molecule has 2 N–H and O–H groups in total. The highest BCUT2D eigenvalue weighted by Crippen LogP contribution is 2.33. The van der Waals surface area contributed by atoms with Gasteiger partial charge in [0, 0.05) is 36.7 Å². The van der Waals surface area contributed by atoms with E-state index in [4.69, 9.17) is 25.8 Å².